The van der Waals surface area contributed by atoms with Crippen molar-refractivity contribution in [2.75, 3.05) is 13.1 Å². The van der Waals surface area contributed by atoms with Crippen LogP contribution in [0.4, 0.5) is 0 Å². The van der Waals surface area contributed by atoms with Crippen LogP contribution >= 0.6 is 35.0 Å². The van der Waals surface area contributed by atoms with E-state index in [1.807, 2.05) is 25.1 Å². The summed E-state index contributed by atoms with van der Waals surface area (Å²) in [5, 5.41) is 2.75. The van der Waals surface area contributed by atoms with Gasteiger partial charge in [-0.25, -0.2) is 0 Å². The number of hydrogen-bond acceptors (Lipinski definition) is 2. The Hall–Kier alpha value is -0.330. The molecule has 0 unspecified atom stereocenters. The van der Waals surface area contributed by atoms with Gasteiger partial charge in [0, 0.05) is 16.7 Å². The Morgan fingerprint density at radius 2 is 2.20 bits per heavy atom. The van der Waals surface area contributed by atoms with Crippen LogP contribution in [0.5, 0.6) is 0 Å². The van der Waals surface area contributed by atoms with Gasteiger partial charge in [0.25, 0.3) is 5.91 Å². The number of halogens is 2. The van der Waals surface area contributed by atoms with Crippen molar-refractivity contribution in [2.24, 2.45) is 5.73 Å². The molecule has 15 heavy (non-hydrogen) atoms. The van der Waals surface area contributed by atoms with E-state index in [0.29, 0.717) is 13.1 Å². The smallest absolute Gasteiger partial charge is 0.252 e. The van der Waals surface area contributed by atoms with Gasteiger partial charge in [-0.2, -0.15) is 0 Å². The molecular formula is C10H14ClIN2O. The molecule has 0 spiro atoms. The summed E-state index contributed by atoms with van der Waals surface area (Å²) in [5.74, 6) is -0.0523. The molecule has 1 rings (SSSR count). The minimum Gasteiger partial charge on any atom is -0.351 e. The molecule has 0 atom stereocenters. The van der Waals surface area contributed by atoms with E-state index in [4.69, 9.17) is 5.73 Å². The molecule has 0 radical (unpaired) electrons. The Morgan fingerprint density at radius 3 is 2.80 bits per heavy atom. The third-order valence-corrected chi connectivity index (χ3v) is 3.30. The van der Waals surface area contributed by atoms with Crippen LogP contribution in [0.2, 0.25) is 0 Å². The van der Waals surface area contributed by atoms with Gasteiger partial charge >= 0.3 is 0 Å². The first kappa shape index (κ1) is 14.7. The zero-order valence-electron chi connectivity index (χ0n) is 8.42. The third-order valence-electron chi connectivity index (χ3n) is 1.87. The van der Waals surface area contributed by atoms with Crippen LogP contribution in [0, 0.1) is 10.5 Å². The van der Waals surface area contributed by atoms with Crippen LogP contribution in [0.3, 0.4) is 0 Å². The van der Waals surface area contributed by atoms with Crippen LogP contribution in [-0.2, 0) is 0 Å². The molecule has 0 aromatic heterocycles. The molecule has 0 aliphatic heterocycles. The zero-order valence-corrected chi connectivity index (χ0v) is 11.4. The Labute approximate surface area is 109 Å². The Kier molecular flexibility index (Phi) is 6.87. The fraction of sp³-hybridized carbons (Fsp3) is 0.300. The van der Waals surface area contributed by atoms with E-state index < -0.39 is 0 Å². The molecule has 3 nitrogen and oxygen atoms in total. The van der Waals surface area contributed by atoms with Crippen molar-refractivity contribution < 1.29 is 4.79 Å². The minimum atomic E-state index is -0.0523. The van der Waals surface area contributed by atoms with Crippen molar-refractivity contribution in [2.45, 2.75) is 6.92 Å². The first-order valence-electron chi connectivity index (χ1n) is 4.40. The van der Waals surface area contributed by atoms with Gasteiger partial charge in [0.1, 0.15) is 0 Å². The first-order chi connectivity index (χ1) is 6.66. The number of carbonyl (C=O) groups is 1. The molecule has 84 valence electrons. The van der Waals surface area contributed by atoms with Crippen LogP contribution < -0.4 is 11.1 Å². The summed E-state index contributed by atoms with van der Waals surface area (Å²) in [5.41, 5.74) is 7.14. The third kappa shape index (κ3) is 3.96. The monoisotopic (exact) mass is 340 g/mol. The number of nitrogens with one attached hydrogen (secondary N) is 1. The van der Waals surface area contributed by atoms with Gasteiger partial charge < -0.3 is 11.1 Å². The van der Waals surface area contributed by atoms with Crippen molar-refractivity contribution in [3.63, 3.8) is 0 Å². The minimum absolute atomic E-state index is 0. The lowest BCUT2D eigenvalue weighted by Gasteiger charge is -2.07. The number of benzene rings is 1. The molecular weight excluding hydrogens is 326 g/mol. The molecule has 3 N–H and O–H groups in total. The van der Waals surface area contributed by atoms with Gasteiger partial charge in [-0.1, -0.05) is 12.1 Å². The number of carbonyl (C=O) groups excluding carboxylic acids is 1. The molecule has 0 saturated carbocycles. The highest BCUT2D eigenvalue weighted by atomic mass is 127. The highest BCUT2D eigenvalue weighted by Crippen LogP contribution is 2.16. The van der Waals surface area contributed by atoms with Crippen LogP contribution in [-0.4, -0.2) is 19.0 Å². The van der Waals surface area contributed by atoms with Gasteiger partial charge in [-0.15, -0.1) is 12.4 Å². The lowest BCUT2D eigenvalue weighted by molar-refractivity contribution is 0.0954. The van der Waals surface area contributed by atoms with Crippen LogP contribution in [0.1, 0.15) is 15.9 Å². The van der Waals surface area contributed by atoms with E-state index in [2.05, 4.69) is 27.9 Å². The maximum absolute atomic E-state index is 11.6. The summed E-state index contributed by atoms with van der Waals surface area (Å²) in [6, 6.07) is 5.69. The van der Waals surface area contributed by atoms with Crippen molar-refractivity contribution in [3.05, 3.63) is 32.9 Å². The summed E-state index contributed by atoms with van der Waals surface area (Å²) >= 11 is 2.18. The molecule has 0 bridgehead atoms. The van der Waals surface area contributed by atoms with E-state index >= 15 is 0 Å². The second-order valence-corrected chi connectivity index (χ2v) is 4.06. The number of amides is 1. The molecule has 1 aromatic carbocycles. The molecule has 0 heterocycles. The van der Waals surface area contributed by atoms with Gasteiger partial charge in [0.2, 0.25) is 0 Å². The van der Waals surface area contributed by atoms with E-state index in [0.717, 1.165) is 14.7 Å². The number of rotatable bonds is 3. The van der Waals surface area contributed by atoms with Crippen molar-refractivity contribution in [3.8, 4) is 0 Å². The van der Waals surface area contributed by atoms with Gasteiger partial charge in [-0.3, -0.25) is 4.79 Å². The quantitative estimate of drug-likeness (QED) is 0.823. The number of hydrogen-bond donors (Lipinski definition) is 2. The number of nitrogens with two attached hydrogens (primary N) is 1. The largest absolute Gasteiger partial charge is 0.351 e. The molecule has 0 aliphatic carbocycles. The topological polar surface area (TPSA) is 55.1 Å². The molecule has 1 amide bonds. The molecule has 0 saturated heterocycles. The Morgan fingerprint density at radius 1 is 1.53 bits per heavy atom. The highest BCUT2D eigenvalue weighted by molar-refractivity contribution is 14.1. The second-order valence-electron chi connectivity index (χ2n) is 2.98. The SMILES string of the molecule is Cc1cccc(C(=O)NCCN)c1I.Cl. The van der Waals surface area contributed by atoms with Gasteiger partial charge in [0.05, 0.1) is 5.56 Å². The van der Waals surface area contributed by atoms with E-state index in [-0.39, 0.29) is 18.3 Å². The summed E-state index contributed by atoms with van der Waals surface area (Å²) in [4.78, 5) is 11.6. The van der Waals surface area contributed by atoms with Crippen LogP contribution in [0.25, 0.3) is 0 Å². The summed E-state index contributed by atoms with van der Waals surface area (Å²) in [6.07, 6.45) is 0. The average Bonchev–Trinajstić information content (AvgIpc) is 2.18. The molecule has 0 fully saturated rings. The summed E-state index contributed by atoms with van der Waals surface area (Å²) in [7, 11) is 0. The predicted molar refractivity (Wildman–Crippen MR) is 72.5 cm³/mol. The second kappa shape index (κ2) is 7.03. The Bertz CT molecular complexity index is 344. The lowest BCUT2D eigenvalue weighted by Crippen LogP contribution is -2.29. The maximum atomic E-state index is 11.6. The van der Waals surface area contributed by atoms with Crippen molar-refractivity contribution >= 4 is 40.9 Å². The fourth-order valence-corrected chi connectivity index (χ4v) is 1.71. The Balaban J connectivity index is 0.00000196. The van der Waals surface area contributed by atoms with Crippen LogP contribution in [0.15, 0.2) is 18.2 Å². The highest BCUT2D eigenvalue weighted by Gasteiger charge is 2.09. The predicted octanol–water partition coefficient (Wildman–Crippen LogP) is 1.71. The van der Waals surface area contributed by atoms with Crippen molar-refractivity contribution in [1.29, 1.82) is 0 Å². The zero-order chi connectivity index (χ0) is 10.6. The van der Waals surface area contributed by atoms with E-state index in [1.165, 1.54) is 0 Å². The summed E-state index contributed by atoms with van der Waals surface area (Å²) < 4.78 is 1.000. The van der Waals surface area contributed by atoms with E-state index in [1.54, 1.807) is 0 Å². The molecule has 5 heteroatoms. The van der Waals surface area contributed by atoms with Crippen molar-refractivity contribution in [1.82, 2.24) is 5.32 Å². The number of aryl methyl sites for hydroxylation is 1. The lowest BCUT2D eigenvalue weighted by atomic mass is 10.1. The molecule has 0 aliphatic rings. The summed E-state index contributed by atoms with van der Waals surface area (Å²) in [6.45, 7) is 2.97. The first-order valence-corrected chi connectivity index (χ1v) is 5.48. The van der Waals surface area contributed by atoms with Gasteiger partial charge in [0.15, 0.2) is 0 Å². The fourth-order valence-electron chi connectivity index (χ4n) is 1.10. The van der Waals surface area contributed by atoms with E-state index in [9.17, 15) is 4.79 Å². The average molecular weight is 341 g/mol. The molecule has 1 aromatic rings. The standard InChI is InChI=1S/C10H13IN2O.ClH/c1-7-3-2-4-8(9(7)11)10(14)13-6-5-12;/h2-4H,5-6,12H2,1H3,(H,13,14);1H. The normalized spacial score (nSPS) is 9.27. The van der Waals surface area contributed by atoms with Gasteiger partial charge in [-0.05, 0) is 41.1 Å². The maximum Gasteiger partial charge on any atom is 0.252 e.